The second-order valence-corrected chi connectivity index (χ2v) is 5.55. The SMILES string of the molecule is CCCCCCc1c(C)cccc1/N=C\C/C(C=N)=C/NC. The van der Waals surface area contributed by atoms with Gasteiger partial charge in [0.1, 0.15) is 0 Å². The molecule has 0 saturated carbocycles. The maximum atomic E-state index is 7.36. The fraction of sp³-hybridized carbons (Fsp3) is 0.474. The molecular weight excluding hydrogens is 270 g/mol. The molecule has 0 spiro atoms. The van der Waals surface area contributed by atoms with Gasteiger partial charge in [-0.15, -0.1) is 0 Å². The zero-order chi connectivity index (χ0) is 16.2. The van der Waals surface area contributed by atoms with Gasteiger partial charge in [0.2, 0.25) is 0 Å². The molecule has 3 heteroatoms. The lowest BCUT2D eigenvalue weighted by Crippen LogP contribution is -1.98. The van der Waals surface area contributed by atoms with Gasteiger partial charge >= 0.3 is 0 Å². The van der Waals surface area contributed by atoms with E-state index in [1.807, 2.05) is 19.5 Å². The molecule has 0 aliphatic carbocycles. The lowest BCUT2D eigenvalue weighted by molar-refractivity contribution is 0.666. The van der Waals surface area contributed by atoms with Crippen LogP contribution in [0.2, 0.25) is 0 Å². The molecule has 3 nitrogen and oxygen atoms in total. The van der Waals surface area contributed by atoms with Gasteiger partial charge in [-0.3, -0.25) is 4.99 Å². The highest BCUT2D eigenvalue weighted by Crippen LogP contribution is 2.24. The van der Waals surface area contributed by atoms with Gasteiger partial charge in [0.25, 0.3) is 0 Å². The summed E-state index contributed by atoms with van der Waals surface area (Å²) in [5, 5.41) is 10.3. The number of unbranched alkanes of at least 4 members (excludes halogenated alkanes) is 3. The number of rotatable bonds is 10. The van der Waals surface area contributed by atoms with Gasteiger partial charge in [0, 0.05) is 32.1 Å². The van der Waals surface area contributed by atoms with Crippen molar-refractivity contribution in [3.05, 3.63) is 41.1 Å². The molecule has 0 radical (unpaired) electrons. The Morgan fingerprint density at radius 2 is 2.09 bits per heavy atom. The molecule has 1 rings (SSSR count). The molecule has 0 aromatic heterocycles. The van der Waals surface area contributed by atoms with E-state index in [1.165, 1.54) is 43.0 Å². The number of allylic oxidation sites excluding steroid dienone is 1. The number of benzene rings is 1. The minimum atomic E-state index is 0.674. The van der Waals surface area contributed by atoms with Crippen molar-refractivity contribution in [1.29, 1.82) is 5.41 Å². The molecule has 2 N–H and O–H groups in total. The van der Waals surface area contributed by atoms with Crippen molar-refractivity contribution < 1.29 is 0 Å². The predicted octanol–water partition coefficient (Wildman–Crippen LogP) is 4.96. The second kappa shape index (κ2) is 10.8. The minimum Gasteiger partial charge on any atom is -0.394 e. The lowest BCUT2D eigenvalue weighted by Gasteiger charge is -2.09. The molecule has 1 aromatic rings. The molecule has 0 aliphatic rings. The van der Waals surface area contributed by atoms with E-state index in [1.54, 1.807) is 0 Å². The zero-order valence-electron chi connectivity index (χ0n) is 14.2. The van der Waals surface area contributed by atoms with Gasteiger partial charge < -0.3 is 10.7 Å². The number of nitrogens with zero attached hydrogens (tertiary/aromatic N) is 1. The molecular formula is C19H29N3. The first-order valence-electron chi connectivity index (χ1n) is 8.20. The minimum absolute atomic E-state index is 0.674. The third-order valence-corrected chi connectivity index (χ3v) is 3.74. The van der Waals surface area contributed by atoms with E-state index in [0.717, 1.165) is 17.7 Å². The van der Waals surface area contributed by atoms with Crippen LogP contribution in [0, 0.1) is 12.3 Å². The number of aliphatic imine (C=N–C) groups is 1. The molecule has 0 bridgehead atoms. The smallest absolute Gasteiger partial charge is 0.0660 e. The quantitative estimate of drug-likeness (QED) is 0.465. The van der Waals surface area contributed by atoms with Gasteiger partial charge in [0.05, 0.1) is 5.69 Å². The van der Waals surface area contributed by atoms with Gasteiger partial charge in [-0.05, 0) is 42.5 Å². The summed E-state index contributed by atoms with van der Waals surface area (Å²) in [5.74, 6) is 0. The maximum Gasteiger partial charge on any atom is 0.0660 e. The Labute approximate surface area is 135 Å². The molecule has 0 unspecified atom stereocenters. The summed E-state index contributed by atoms with van der Waals surface area (Å²) in [4.78, 5) is 4.64. The van der Waals surface area contributed by atoms with E-state index < -0.39 is 0 Å². The highest BCUT2D eigenvalue weighted by atomic mass is 14.8. The molecule has 22 heavy (non-hydrogen) atoms. The molecule has 0 fully saturated rings. The highest BCUT2D eigenvalue weighted by molar-refractivity contribution is 5.82. The first-order chi connectivity index (χ1) is 10.7. The lowest BCUT2D eigenvalue weighted by atomic mass is 10.00. The van der Waals surface area contributed by atoms with Crippen molar-refractivity contribution in [3.8, 4) is 0 Å². The Bertz CT molecular complexity index is 515. The Morgan fingerprint density at radius 3 is 2.77 bits per heavy atom. The summed E-state index contributed by atoms with van der Waals surface area (Å²) in [5.41, 5.74) is 4.68. The van der Waals surface area contributed by atoms with Crippen LogP contribution in [0.3, 0.4) is 0 Å². The average molecular weight is 299 g/mol. The Balaban J connectivity index is 2.74. The normalized spacial score (nSPS) is 11.9. The zero-order valence-corrected chi connectivity index (χ0v) is 14.2. The molecule has 0 amide bonds. The summed E-state index contributed by atoms with van der Waals surface area (Å²) in [6, 6.07) is 6.32. The third kappa shape index (κ3) is 6.25. The van der Waals surface area contributed by atoms with Crippen LogP contribution in [-0.2, 0) is 6.42 Å². The van der Waals surface area contributed by atoms with Gasteiger partial charge in [-0.25, -0.2) is 0 Å². The van der Waals surface area contributed by atoms with Crippen molar-refractivity contribution in [2.24, 2.45) is 4.99 Å². The summed E-state index contributed by atoms with van der Waals surface area (Å²) in [6.45, 7) is 4.40. The van der Waals surface area contributed by atoms with Crippen molar-refractivity contribution in [2.75, 3.05) is 7.05 Å². The van der Waals surface area contributed by atoms with E-state index in [0.29, 0.717) is 6.42 Å². The second-order valence-electron chi connectivity index (χ2n) is 5.55. The number of hydrogen-bond donors (Lipinski definition) is 2. The molecule has 0 aliphatic heterocycles. The third-order valence-electron chi connectivity index (χ3n) is 3.74. The van der Waals surface area contributed by atoms with E-state index in [9.17, 15) is 0 Å². The summed E-state index contributed by atoms with van der Waals surface area (Å²) in [6.07, 6.45) is 12.0. The Morgan fingerprint density at radius 1 is 1.27 bits per heavy atom. The van der Waals surface area contributed by atoms with E-state index in [4.69, 9.17) is 5.41 Å². The van der Waals surface area contributed by atoms with Crippen LogP contribution in [0.5, 0.6) is 0 Å². The van der Waals surface area contributed by atoms with Crippen LogP contribution < -0.4 is 5.32 Å². The van der Waals surface area contributed by atoms with Gasteiger partial charge in [-0.1, -0.05) is 38.3 Å². The van der Waals surface area contributed by atoms with Crippen molar-refractivity contribution >= 4 is 18.1 Å². The standard InChI is InChI=1S/C19H29N3/c1-4-5-6-7-10-18-16(2)9-8-11-19(18)22-13-12-17(14-20)15-21-3/h8-9,11,13-15,20-21H,4-7,10,12H2,1-3H3/b17-15-,20-14?,22-13-. The van der Waals surface area contributed by atoms with Crippen LogP contribution in [0.1, 0.15) is 50.2 Å². The largest absolute Gasteiger partial charge is 0.394 e. The molecule has 120 valence electrons. The molecule has 1 aromatic carbocycles. The van der Waals surface area contributed by atoms with Crippen LogP contribution in [0.25, 0.3) is 0 Å². The fourth-order valence-electron chi connectivity index (χ4n) is 2.46. The maximum absolute atomic E-state index is 7.36. The number of hydrogen-bond acceptors (Lipinski definition) is 3. The predicted molar refractivity (Wildman–Crippen MR) is 97.7 cm³/mol. The summed E-state index contributed by atoms with van der Waals surface area (Å²) >= 11 is 0. The van der Waals surface area contributed by atoms with Crippen molar-refractivity contribution in [3.63, 3.8) is 0 Å². The van der Waals surface area contributed by atoms with Crippen molar-refractivity contribution in [2.45, 2.75) is 52.4 Å². The molecule has 0 saturated heterocycles. The fourth-order valence-corrected chi connectivity index (χ4v) is 2.46. The molecule has 0 atom stereocenters. The van der Waals surface area contributed by atoms with Crippen LogP contribution >= 0.6 is 0 Å². The average Bonchev–Trinajstić information content (AvgIpc) is 2.52. The highest BCUT2D eigenvalue weighted by Gasteiger charge is 2.04. The van der Waals surface area contributed by atoms with Crippen LogP contribution in [0.4, 0.5) is 5.69 Å². The Kier molecular flexibility index (Phi) is 8.89. The monoisotopic (exact) mass is 299 g/mol. The number of nitrogens with one attached hydrogen (secondary N) is 2. The molecule has 0 heterocycles. The van der Waals surface area contributed by atoms with E-state index >= 15 is 0 Å². The van der Waals surface area contributed by atoms with E-state index in [2.05, 4.69) is 42.4 Å². The van der Waals surface area contributed by atoms with Crippen LogP contribution in [-0.4, -0.2) is 19.5 Å². The van der Waals surface area contributed by atoms with Crippen LogP contribution in [0.15, 0.2) is 35.0 Å². The van der Waals surface area contributed by atoms with Crippen molar-refractivity contribution in [1.82, 2.24) is 5.32 Å². The summed E-state index contributed by atoms with van der Waals surface area (Å²) < 4.78 is 0. The summed E-state index contributed by atoms with van der Waals surface area (Å²) in [7, 11) is 1.84. The Hall–Kier alpha value is -1.90. The van der Waals surface area contributed by atoms with Gasteiger partial charge in [-0.2, -0.15) is 0 Å². The first kappa shape index (κ1) is 18.1. The topological polar surface area (TPSA) is 48.2 Å². The first-order valence-corrected chi connectivity index (χ1v) is 8.20. The number of aryl methyl sites for hydroxylation is 1. The van der Waals surface area contributed by atoms with Gasteiger partial charge in [0.15, 0.2) is 0 Å². The van der Waals surface area contributed by atoms with E-state index in [-0.39, 0.29) is 0 Å².